The van der Waals surface area contributed by atoms with Gasteiger partial charge in [0.2, 0.25) is 0 Å². The number of halogens is 2. The van der Waals surface area contributed by atoms with Crippen molar-refractivity contribution >= 4 is 39.9 Å². The lowest BCUT2D eigenvalue weighted by Gasteiger charge is -2.08. The molecule has 1 fully saturated rings. The molecule has 0 saturated carbocycles. The fraction of sp³-hybridized carbons (Fsp3) is 0.308. The molecule has 3 rings (SSSR count). The van der Waals surface area contributed by atoms with Crippen LogP contribution in [0.1, 0.15) is 23.2 Å². The van der Waals surface area contributed by atoms with E-state index in [1.807, 2.05) is 0 Å². The number of Topliss-reactive ketones (excluding diaryl/α,β-unsaturated/α-hetero) is 1. The third-order valence-electron chi connectivity index (χ3n) is 3.34. The Hall–Kier alpha value is -1.03. The number of hydrogen-bond acceptors (Lipinski definition) is 2. The van der Waals surface area contributed by atoms with E-state index in [-0.39, 0.29) is 11.8 Å². The van der Waals surface area contributed by atoms with Gasteiger partial charge in [-0.2, -0.15) is 0 Å². The first-order valence-corrected chi connectivity index (χ1v) is 6.66. The summed E-state index contributed by atoms with van der Waals surface area (Å²) < 4.78 is 0. The zero-order valence-electron chi connectivity index (χ0n) is 9.59. The van der Waals surface area contributed by atoms with Gasteiger partial charge >= 0.3 is 0 Å². The van der Waals surface area contributed by atoms with Crippen LogP contribution in [0.25, 0.3) is 10.9 Å². The Morgan fingerprint density at radius 2 is 2.17 bits per heavy atom. The van der Waals surface area contributed by atoms with Crippen molar-refractivity contribution in [1.82, 2.24) is 10.3 Å². The summed E-state index contributed by atoms with van der Waals surface area (Å²) in [7, 11) is 0. The van der Waals surface area contributed by atoms with Gasteiger partial charge in [-0.15, -0.1) is 0 Å². The van der Waals surface area contributed by atoms with E-state index in [1.165, 1.54) is 0 Å². The van der Waals surface area contributed by atoms with Crippen LogP contribution in [0.2, 0.25) is 10.0 Å². The number of aromatic nitrogens is 1. The molecule has 1 aromatic carbocycles. The lowest BCUT2D eigenvalue weighted by molar-refractivity contribution is 0.0954. The van der Waals surface area contributed by atoms with Crippen molar-refractivity contribution in [2.45, 2.75) is 18.9 Å². The van der Waals surface area contributed by atoms with Gasteiger partial charge < -0.3 is 10.3 Å². The summed E-state index contributed by atoms with van der Waals surface area (Å²) >= 11 is 12.1. The van der Waals surface area contributed by atoms with Crippen LogP contribution in [0, 0.1) is 0 Å². The summed E-state index contributed by atoms with van der Waals surface area (Å²) in [4.78, 5) is 15.4. The number of rotatable bonds is 2. The highest BCUT2D eigenvalue weighted by Gasteiger charge is 2.26. The topological polar surface area (TPSA) is 44.9 Å². The molecule has 5 heteroatoms. The third kappa shape index (κ3) is 1.92. The standard InChI is InChI=1S/C13H12Cl2N2O/c14-7-4-9(15)12-8(6-17-11(12)5-7)13(18)10-2-1-3-16-10/h4-6,10,16-17H,1-3H2. The maximum atomic E-state index is 12.4. The average Bonchev–Trinajstić information content (AvgIpc) is 2.96. The van der Waals surface area contributed by atoms with Gasteiger partial charge in [-0.3, -0.25) is 4.79 Å². The summed E-state index contributed by atoms with van der Waals surface area (Å²) in [5.41, 5.74) is 1.44. The molecule has 0 spiro atoms. The van der Waals surface area contributed by atoms with Gasteiger partial charge in [0.25, 0.3) is 0 Å². The van der Waals surface area contributed by atoms with Gasteiger partial charge in [-0.25, -0.2) is 0 Å². The number of hydrogen-bond donors (Lipinski definition) is 2. The molecular weight excluding hydrogens is 271 g/mol. The van der Waals surface area contributed by atoms with Crippen molar-refractivity contribution in [3.63, 3.8) is 0 Å². The van der Waals surface area contributed by atoms with Crippen LogP contribution in [0.3, 0.4) is 0 Å². The maximum absolute atomic E-state index is 12.4. The van der Waals surface area contributed by atoms with Gasteiger partial charge in [0.05, 0.1) is 11.1 Å². The number of benzene rings is 1. The van der Waals surface area contributed by atoms with E-state index in [9.17, 15) is 4.79 Å². The van der Waals surface area contributed by atoms with E-state index in [0.29, 0.717) is 15.6 Å². The second kappa shape index (κ2) is 4.57. The Morgan fingerprint density at radius 1 is 1.33 bits per heavy atom. The SMILES string of the molecule is O=C(c1c[nH]c2cc(Cl)cc(Cl)c12)C1CCCN1. The van der Waals surface area contributed by atoms with E-state index in [2.05, 4.69) is 10.3 Å². The number of H-pyrrole nitrogens is 1. The molecule has 0 bridgehead atoms. The summed E-state index contributed by atoms with van der Waals surface area (Å²) in [5.74, 6) is 0.1000. The van der Waals surface area contributed by atoms with Crippen LogP contribution in [-0.4, -0.2) is 23.4 Å². The summed E-state index contributed by atoms with van der Waals surface area (Å²) in [6.07, 6.45) is 3.64. The molecule has 2 heterocycles. The van der Waals surface area contributed by atoms with Crippen molar-refractivity contribution in [2.24, 2.45) is 0 Å². The second-order valence-electron chi connectivity index (χ2n) is 4.53. The Bertz CT molecular complexity index is 615. The van der Waals surface area contributed by atoms with E-state index in [0.717, 1.165) is 30.3 Å². The largest absolute Gasteiger partial charge is 0.360 e. The van der Waals surface area contributed by atoms with Crippen molar-refractivity contribution in [2.75, 3.05) is 6.54 Å². The summed E-state index contributed by atoms with van der Waals surface area (Å²) in [5, 5.41) is 5.05. The minimum absolute atomic E-state index is 0.0873. The summed E-state index contributed by atoms with van der Waals surface area (Å²) in [6, 6.07) is 3.36. The Morgan fingerprint density at radius 3 is 2.89 bits per heavy atom. The summed E-state index contributed by atoms with van der Waals surface area (Å²) in [6.45, 7) is 0.901. The van der Waals surface area contributed by atoms with Crippen LogP contribution in [-0.2, 0) is 0 Å². The smallest absolute Gasteiger partial charge is 0.181 e. The normalized spacial score (nSPS) is 19.6. The Balaban J connectivity index is 2.09. The van der Waals surface area contributed by atoms with Crippen molar-refractivity contribution in [3.8, 4) is 0 Å². The predicted octanol–water partition coefficient (Wildman–Crippen LogP) is 3.41. The molecule has 18 heavy (non-hydrogen) atoms. The maximum Gasteiger partial charge on any atom is 0.181 e. The highest BCUT2D eigenvalue weighted by atomic mass is 35.5. The van der Waals surface area contributed by atoms with Gasteiger partial charge in [-0.05, 0) is 31.5 Å². The molecule has 2 aromatic rings. The zero-order valence-corrected chi connectivity index (χ0v) is 11.1. The Labute approximate surface area is 114 Å². The quantitative estimate of drug-likeness (QED) is 0.829. The van der Waals surface area contributed by atoms with Gasteiger partial charge in [0.1, 0.15) is 0 Å². The number of nitrogens with one attached hydrogen (secondary N) is 2. The lowest BCUT2D eigenvalue weighted by atomic mass is 10.0. The molecule has 1 saturated heterocycles. The minimum Gasteiger partial charge on any atom is -0.360 e. The molecule has 0 radical (unpaired) electrons. The molecule has 94 valence electrons. The van der Waals surface area contributed by atoms with Gasteiger partial charge in [-0.1, -0.05) is 23.2 Å². The first-order chi connectivity index (χ1) is 8.66. The number of carbonyl (C=O) groups is 1. The van der Waals surface area contributed by atoms with E-state index >= 15 is 0 Å². The number of aromatic amines is 1. The fourth-order valence-electron chi connectivity index (χ4n) is 2.47. The van der Waals surface area contributed by atoms with Gasteiger partial charge in [0.15, 0.2) is 5.78 Å². The predicted molar refractivity (Wildman–Crippen MR) is 73.7 cm³/mol. The average molecular weight is 283 g/mol. The second-order valence-corrected chi connectivity index (χ2v) is 5.37. The highest BCUT2D eigenvalue weighted by molar-refractivity contribution is 6.39. The van der Waals surface area contributed by atoms with E-state index < -0.39 is 0 Å². The van der Waals surface area contributed by atoms with E-state index in [4.69, 9.17) is 23.2 Å². The molecule has 2 N–H and O–H groups in total. The van der Waals surface area contributed by atoms with Crippen LogP contribution >= 0.6 is 23.2 Å². The fourth-order valence-corrected chi connectivity index (χ4v) is 3.07. The van der Waals surface area contributed by atoms with Crippen LogP contribution in [0.5, 0.6) is 0 Å². The number of ketones is 1. The van der Waals surface area contributed by atoms with Crippen molar-refractivity contribution < 1.29 is 4.79 Å². The minimum atomic E-state index is -0.0873. The molecule has 0 aliphatic carbocycles. The van der Waals surface area contributed by atoms with Gasteiger partial charge in [0, 0.05) is 27.7 Å². The lowest BCUT2D eigenvalue weighted by Crippen LogP contribution is -2.30. The molecule has 1 aliphatic heterocycles. The zero-order chi connectivity index (χ0) is 12.7. The number of fused-ring (bicyclic) bond motifs is 1. The third-order valence-corrected chi connectivity index (χ3v) is 3.85. The number of carbonyl (C=O) groups excluding carboxylic acids is 1. The molecule has 3 nitrogen and oxygen atoms in total. The van der Waals surface area contributed by atoms with Crippen molar-refractivity contribution in [3.05, 3.63) is 33.9 Å². The first kappa shape index (κ1) is 12.0. The van der Waals surface area contributed by atoms with Crippen molar-refractivity contribution in [1.29, 1.82) is 0 Å². The molecule has 1 aliphatic rings. The molecule has 0 amide bonds. The molecule has 1 aromatic heterocycles. The highest BCUT2D eigenvalue weighted by Crippen LogP contribution is 2.31. The van der Waals surface area contributed by atoms with Crippen LogP contribution in [0.4, 0.5) is 0 Å². The van der Waals surface area contributed by atoms with E-state index in [1.54, 1.807) is 18.3 Å². The van der Waals surface area contributed by atoms with Crippen LogP contribution < -0.4 is 5.32 Å². The monoisotopic (exact) mass is 282 g/mol. The first-order valence-electron chi connectivity index (χ1n) is 5.90. The molecule has 1 unspecified atom stereocenters. The molecule has 1 atom stereocenters. The molecular formula is C13H12Cl2N2O. The van der Waals surface area contributed by atoms with Crippen LogP contribution in [0.15, 0.2) is 18.3 Å². The Kier molecular flexibility index (Phi) is 3.06.